The van der Waals surface area contributed by atoms with Crippen LogP contribution in [-0.2, 0) is 15.8 Å². The van der Waals surface area contributed by atoms with Gasteiger partial charge in [0, 0.05) is 6.20 Å². The van der Waals surface area contributed by atoms with Gasteiger partial charge in [0.25, 0.3) is 0 Å². The van der Waals surface area contributed by atoms with Gasteiger partial charge in [0.15, 0.2) is 0 Å². The minimum Gasteiger partial charge on any atom is -0.267 e. The van der Waals surface area contributed by atoms with E-state index in [4.69, 9.17) is 5.26 Å². The summed E-state index contributed by atoms with van der Waals surface area (Å²) < 4.78 is 26.3. The van der Waals surface area contributed by atoms with Crippen molar-refractivity contribution in [3.8, 4) is 6.07 Å². The first-order valence-corrected chi connectivity index (χ1v) is 7.15. The maximum absolute atomic E-state index is 12.0. The van der Waals surface area contributed by atoms with Crippen LogP contribution < -0.4 is 4.72 Å². The van der Waals surface area contributed by atoms with Crippen molar-refractivity contribution in [1.29, 1.82) is 5.26 Å². The molecule has 5 nitrogen and oxygen atoms in total. The number of rotatable bonds is 4. The Hall–Kier alpha value is -2.39. The van der Waals surface area contributed by atoms with Crippen molar-refractivity contribution in [1.82, 2.24) is 4.98 Å². The molecule has 0 unspecified atom stereocenters. The van der Waals surface area contributed by atoms with Gasteiger partial charge in [-0.25, -0.2) is 13.4 Å². The van der Waals surface area contributed by atoms with E-state index in [1.165, 1.54) is 6.20 Å². The van der Waals surface area contributed by atoms with Crippen LogP contribution in [0.5, 0.6) is 0 Å². The molecule has 0 saturated carbocycles. The highest BCUT2D eigenvalue weighted by Gasteiger charge is 2.14. The molecule has 0 aliphatic rings. The highest BCUT2D eigenvalue weighted by atomic mass is 32.2. The molecule has 19 heavy (non-hydrogen) atoms. The third-order valence-electron chi connectivity index (χ3n) is 2.41. The van der Waals surface area contributed by atoms with E-state index >= 15 is 0 Å². The summed E-state index contributed by atoms with van der Waals surface area (Å²) in [7, 11) is -3.58. The molecule has 1 aromatic heterocycles. The summed E-state index contributed by atoms with van der Waals surface area (Å²) >= 11 is 0. The number of nitrogens with zero attached hydrogens (tertiary/aromatic N) is 2. The van der Waals surface area contributed by atoms with Crippen LogP contribution in [0.1, 0.15) is 11.1 Å². The van der Waals surface area contributed by atoms with Crippen molar-refractivity contribution in [2.24, 2.45) is 0 Å². The van der Waals surface area contributed by atoms with E-state index < -0.39 is 10.0 Å². The van der Waals surface area contributed by atoms with Crippen LogP contribution in [0, 0.1) is 11.3 Å². The second-order valence-electron chi connectivity index (χ2n) is 3.85. The number of hydrogen-bond acceptors (Lipinski definition) is 4. The normalized spacial score (nSPS) is 10.7. The molecule has 0 aliphatic heterocycles. The molecule has 2 rings (SSSR count). The van der Waals surface area contributed by atoms with Crippen molar-refractivity contribution in [2.45, 2.75) is 5.75 Å². The molecule has 0 aliphatic carbocycles. The quantitative estimate of drug-likeness (QED) is 0.922. The zero-order valence-electron chi connectivity index (χ0n) is 9.95. The number of hydrogen-bond donors (Lipinski definition) is 1. The second-order valence-corrected chi connectivity index (χ2v) is 5.57. The minimum absolute atomic E-state index is 0.257. The Bertz CT molecular complexity index is 706. The standard InChI is InChI=1S/C13H11N3O2S/c14-9-11-5-1-2-6-12(11)10-19(17,18)16-13-7-3-4-8-15-13/h1-8H,10H2,(H,15,16). The molecule has 2 aromatic rings. The van der Waals surface area contributed by atoms with E-state index in [0.29, 0.717) is 11.1 Å². The lowest BCUT2D eigenvalue weighted by Gasteiger charge is -2.07. The molecule has 6 heteroatoms. The molecule has 0 fully saturated rings. The fraction of sp³-hybridized carbons (Fsp3) is 0.0769. The molecule has 0 radical (unpaired) electrons. The van der Waals surface area contributed by atoms with Crippen LogP contribution in [0.25, 0.3) is 0 Å². The maximum atomic E-state index is 12.0. The molecule has 1 heterocycles. The summed E-state index contributed by atoms with van der Waals surface area (Å²) in [4.78, 5) is 3.89. The van der Waals surface area contributed by atoms with Gasteiger partial charge in [-0.2, -0.15) is 5.26 Å². The summed E-state index contributed by atoms with van der Waals surface area (Å²) in [5.74, 6) is 0.00442. The third kappa shape index (κ3) is 3.53. The molecule has 0 saturated heterocycles. The average molecular weight is 273 g/mol. The third-order valence-corrected chi connectivity index (χ3v) is 3.62. The fourth-order valence-corrected chi connectivity index (χ4v) is 2.75. The summed E-state index contributed by atoms with van der Waals surface area (Å²) in [5.41, 5.74) is 0.822. The summed E-state index contributed by atoms with van der Waals surface area (Å²) in [6.45, 7) is 0. The first-order chi connectivity index (χ1) is 9.11. The van der Waals surface area contributed by atoms with Gasteiger partial charge in [0.1, 0.15) is 5.82 Å². The maximum Gasteiger partial charge on any atom is 0.238 e. The van der Waals surface area contributed by atoms with E-state index in [-0.39, 0.29) is 11.6 Å². The Labute approximate surface area is 111 Å². The lowest BCUT2D eigenvalue weighted by atomic mass is 10.1. The number of aromatic nitrogens is 1. The van der Waals surface area contributed by atoms with Crippen LogP contribution in [-0.4, -0.2) is 13.4 Å². The fourth-order valence-electron chi connectivity index (χ4n) is 1.58. The molecule has 0 spiro atoms. The van der Waals surface area contributed by atoms with Gasteiger partial charge in [-0.15, -0.1) is 0 Å². The number of pyridine rings is 1. The summed E-state index contributed by atoms with van der Waals surface area (Å²) in [5, 5.41) is 8.93. The number of benzene rings is 1. The van der Waals surface area contributed by atoms with Crippen molar-refractivity contribution >= 4 is 15.8 Å². The largest absolute Gasteiger partial charge is 0.267 e. The SMILES string of the molecule is N#Cc1ccccc1CS(=O)(=O)Nc1ccccn1. The van der Waals surface area contributed by atoms with Crippen molar-refractivity contribution in [2.75, 3.05) is 4.72 Å². The van der Waals surface area contributed by atoms with Crippen LogP contribution in [0.3, 0.4) is 0 Å². The van der Waals surface area contributed by atoms with Gasteiger partial charge in [-0.05, 0) is 23.8 Å². The molecule has 0 atom stereocenters. The van der Waals surface area contributed by atoms with E-state index in [9.17, 15) is 8.42 Å². The van der Waals surface area contributed by atoms with E-state index in [1.54, 1.807) is 42.5 Å². The first-order valence-electron chi connectivity index (χ1n) is 5.50. The van der Waals surface area contributed by atoms with Gasteiger partial charge < -0.3 is 0 Å². The highest BCUT2D eigenvalue weighted by molar-refractivity contribution is 7.91. The lowest BCUT2D eigenvalue weighted by molar-refractivity contribution is 0.600. The van der Waals surface area contributed by atoms with E-state index in [0.717, 1.165) is 0 Å². The Balaban J connectivity index is 2.21. The molecular formula is C13H11N3O2S. The van der Waals surface area contributed by atoms with Crippen LogP contribution in [0.15, 0.2) is 48.7 Å². The van der Waals surface area contributed by atoms with Gasteiger partial charge in [-0.3, -0.25) is 4.72 Å². The number of nitriles is 1. The van der Waals surface area contributed by atoms with Crippen LogP contribution in [0.4, 0.5) is 5.82 Å². The molecule has 0 amide bonds. The number of nitrogens with one attached hydrogen (secondary N) is 1. The topological polar surface area (TPSA) is 82.8 Å². The van der Waals surface area contributed by atoms with E-state index in [2.05, 4.69) is 9.71 Å². The van der Waals surface area contributed by atoms with Gasteiger partial charge in [0.05, 0.1) is 17.4 Å². The minimum atomic E-state index is -3.58. The van der Waals surface area contributed by atoms with Gasteiger partial charge in [0.2, 0.25) is 10.0 Å². The Morgan fingerprint density at radius 3 is 2.58 bits per heavy atom. The Kier molecular flexibility index (Phi) is 3.78. The predicted molar refractivity (Wildman–Crippen MR) is 71.6 cm³/mol. The van der Waals surface area contributed by atoms with Gasteiger partial charge >= 0.3 is 0 Å². The molecule has 1 N–H and O–H groups in total. The zero-order chi connectivity index (χ0) is 13.7. The predicted octanol–water partition coefficient (Wildman–Crippen LogP) is 1.90. The zero-order valence-corrected chi connectivity index (χ0v) is 10.8. The molecule has 1 aromatic carbocycles. The highest BCUT2D eigenvalue weighted by Crippen LogP contribution is 2.13. The van der Waals surface area contributed by atoms with Crippen molar-refractivity contribution in [3.05, 3.63) is 59.8 Å². The summed E-state index contributed by atoms with van der Waals surface area (Å²) in [6, 6.07) is 13.5. The summed E-state index contributed by atoms with van der Waals surface area (Å²) in [6.07, 6.45) is 1.50. The first kappa shape index (κ1) is 13.1. The lowest BCUT2D eigenvalue weighted by Crippen LogP contribution is -2.16. The average Bonchev–Trinajstić information content (AvgIpc) is 2.39. The second kappa shape index (κ2) is 5.50. The smallest absolute Gasteiger partial charge is 0.238 e. The molecule has 0 bridgehead atoms. The molecule has 96 valence electrons. The van der Waals surface area contributed by atoms with Crippen LogP contribution >= 0.6 is 0 Å². The van der Waals surface area contributed by atoms with Crippen molar-refractivity contribution < 1.29 is 8.42 Å². The van der Waals surface area contributed by atoms with Crippen molar-refractivity contribution in [3.63, 3.8) is 0 Å². The molecular weight excluding hydrogens is 262 g/mol. The monoisotopic (exact) mass is 273 g/mol. The number of anilines is 1. The van der Waals surface area contributed by atoms with Gasteiger partial charge in [-0.1, -0.05) is 24.3 Å². The number of sulfonamides is 1. The Morgan fingerprint density at radius 1 is 1.16 bits per heavy atom. The van der Waals surface area contributed by atoms with Crippen LogP contribution in [0.2, 0.25) is 0 Å². The Morgan fingerprint density at radius 2 is 1.89 bits per heavy atom. The van der Waals surface area contributed by atoms with E-state index in [1.807, 2.05) is 6.07 Å².